The number of hydrogen-bond acceptors (Lipinski definition) is 2. The molecule has 104 valence electrons. The molecule has 1 amide bonds. The number of aryl methyl sites for hydroxylation is 1. The number of carbonyl (C=O) groups is 1. The topological polar surface area (TPSA) is 33.2 Å². The highest BCUT2D eigenvalue weighted by molar-refractivity contribution is 5.94. The number of amides is 1. The second kappa shape index (κ2) is 5.80. The summed E-state index contributed by atoms with van der Waals surface area (Å²) in [5.74, 6) is 6.44. The fourth-order valence-electron chi connectivity index (χ4n) is 2.48. The van der Waals surface area contributed by atoms with Crippen molar-refractivity contribution in [2.45, 2.75) is 19.3 Å². The first-order chi connectivity index (χ1) is 10.2. The third-order valence-electron chi connectivity index (χ3n) is 3.69. The third-order valence-corrected chi connectivity index (χ3v) is 3.69. The molecule has 3 rings (SSSR count). The molecule has 3 heteroatoms. The first kappa shape index (κ1) is 13.4. The van der Waals surface area contributed by atoms with Crippen molar-refractivity contribution in [2.24, 2.45) is 0 Å². The molecular formula is C18H16N2O. The second-order valence-corrected chi connectivity index (χ2v) is 5.14. The second-order valence-electron chi connectivity index (χ2n) is 5.14. The molecule has 0 saturated heterocycles. The summed E-state index contributed by atoms with van der Waals surface area (Å²) in [7, 11) is 1.84. The summed E-state index contributed by atoms with van der Waals surface area (Å²) in [5.41, 5.74) is 4.06. The lowest BCUT2D eigenvalue weighted by molar-refractivity contribution is -0.118. The average Bonchev–Trinajstić information content (AvgIpc) is 2.66. The predicted octanol–water partition coefficient (Wildman–Crippen LogP) is 2.78. The lowest BCUT2D eigenvalue weighted by atomic mass is 10.0. The summed E-state index contributed by atoms with van der Waals surface area (Å²) in [5, 5.41) is 0. The molecule has 21 heavy (non-hydrogen) atoms. The Kier molecular flexibility index (Phi) is 3.70. The van der Waals surface area contributed by atoms with Crippen LogP contribution in [0.5, 0.6) is 0 Å². The van der Waals surface area contributed by atoms with Crippen molar-refractivity contribution in [3.05, 3.63) is 59.4 Å². The Morgan fingerprint density at radius 1 is 1.05 bits per heavy atom. The SMILES string of the molecule is CN1C(=O)CCCc2ccc(C#Cc3ccncc3)cc21. The number of pyridine rings is 1. The summed E-state index contributed by atoms with van der Waals surface area (Å²) in [6.07, 6.45) is 5.94. The number of rotatable bonds is 0. The zero-order chi connectivity index (χ0) is 14.7. The molecule has 0 fully saturated rings. The molecule has 1 aliphatic rings. The molecule has 1 aromatic heterocycles. The maximum absolute atomic E-state index is 12.0. The van der Waals surface area contributed by atoms with Gasteiger partial charge in [-0.15, -0.1) is 0 Å². The van der Waals surface area contributed by atoms with Crippen molar-refractivity contribution in [2.75, 3.05) is 11.9 Å². The van der Waals surface area contributed by atoms with Gasteiger partial charge < -0.3 is 4.90 Å². The number of nitrogens with zero attached hydrogens (tertiary/aromatic N) is 2. The van der Waals surface area contributed by atoms with Crippen molar-refractivity contribution in [1.82, 2.24) is 4.98 Å². The Bertz CT molecular complexity index is 726. The van der Waals surface area contributed by atoms with E-state index in [1.165, 1.54) is 5.56 Å². The van der Waals surface area contributed by atoms with Crippen molar-refractivity contribution >= 4 is 11.6 Å². The molecule has 0 aliphatic carbocycles. The normalized spacial score (nSPS) is 14.0. The molecule has 1 aromatic carbocycles. The quantitative estimate of drug-likeness (QED) is 0.693. The standard InChI is InChI=1S/C18H16N2O/c1-20-17-13-15(6-5-14-9-11-19-12-10-14)7-8-16(17)3-2-4-18(20)21/h7-13H,2-4H2,1H3. The van der Waals surface area contributed by atoms with Crippen LogP contribution in [-0.4, -0.2) is 17.9 Å². The minimum Gasteiger partial charge on any atom is -0.315 e. The van der Waals surface area contributed by atoms with Gasteiger partial charge in [0.25, 0.3) is 0 Å². The minimum atomic E-state index is 0.174. The number of carbonyl (C=O) groups excluding carboxylic acids is 1. The highest BCUT2D eigenvalue weighted by atomic mass is 16.2. The van der Waals surface area contributed by atoms with E-state index in [2.05, 4.69) is 22.9 Å². The maximum atomic E-state index is 12.0. The van der Waals surface area contributed by atoms with Gasteiger partial charge in [0.15, 0.2) is 0 Å². The number of fused-ring (bicyclic) bond motifs is 1. The Hall–Kier alpha value is -2.60. The molecule has 0 saturated carbocycles. The van der Waals surface area contributed by atoms with E-state index in [0.717, 1.165) is 29.7 Å². The van der Waals surface area contributed by atoms with Gasteiger partial charge in [-0.25, -0.2) is 0 Å². The Labute approximate surface area is 124 Å². The summed E-state index contributed by atoms with van der Waals surface area (Å²) < 4.78 is 0. The molecule has 0 atom stereocenters. The molecular weight excluding hydrogens is 260 g/mol. The fraction of sp³-hybridized carbons (Fsp3) is 0.222. The summed E-state index contributed by atoms with van der Waals surface area (Å²) in [4.78, 5) is 17.7. The van der Waals surface area contributed by atoms with Gasteiger partial charge in [-0.2, -0.15) is 0 Å². The number of benzene rings is 1. The number of anilines is 1. The van der Waals surface area contributed by atoms with Crippen LogP contribution < -0.4 is 4.90 Å². The molecule has 0 bridgehead atoms. The van der Waals surface area contributed by atoms with Crippen molar-refractivity contribution in [3.8, 4) is 11.8 Å². The molecule has 3 nitrogen and oxygen atoms in total. The van der Waals surface area contributed by atoms with Gasteiger partial charge in [0.05, 0.1) is 0 Å². The van der Waals surface area contributed by atoms with Gasteiger partial charge in [-0.05, 0) is 42.7 Å². The summed E-state index contributed by atoms with van der Waals surface area (Å²) in [6.45, 7) is 0. The van der Waals surface area contributed by atoms with Crippen LogP contribution in [0, 0.1) is 11.8 Å². The summed E-state index contributed by atoms with van der Waals surface area (Å²) >= 11 is 0. The van der Waals surface area contributed by atoms with E-state index in [-0.39, 0.29) is 5.91 Å². The van der Waals surface area contributed by atoms with E-state index in [9.17, 15) is 4.79 Å². The minimum absolute atomic E-state index is 0.174. The van der Waals surface area contributed by atoms with Crippen molar-refractivity contribution in [3.63, 3.8) is 0 Å². The molecule has 0 N–H and O–H groups in total. The summed E-state index contributed by atoms with van der Waals surface area (Å²) in [6, 6.07) is 9.88. The largest absolute Gasteiger partial charge is 0.315 e. The van der Waals surface area contributed by atoms with Crippen molar-refractivity contribution < 1.29 is 4.79 Å². The maximum Gasteiger partial charge on any atom is 0.226 e. The fourth-order valence-corrected chi connectivity index (χ4v) is 2.48. The number of hydrogen-bond donors (Lipinski definition) is 0. The monoisotopic (exact) mass is 276 g/mol. The molecule has 0 radical (unpaired) electrons. The van der Waals surface area contributed by atoms with E-state index in [4.69, 9.17) is 0 Å². The van der Waals surface area contributed by atoms with E-state index < -0.39 is 0 Å². The van der Waals surface area contributed by atoms with Gasteiger partial charge in [0, 0.05) is 42.7 Å². The van der Waals surface area contributed by atoms with Crippen LogP contribution in [0.2, 0.25) is 0 Å². The first-order valence-corrected chi connectivity index (χ1v) is 7.05. The first-order valence-electron chi connectivity index (χ1n) is 7.05. The van der Waals surface area contributed by atoms with Gasteiger partial charge in [0.1, 0.15) is 0 Å². The van der Waals surface area contributed by atoms with Crippen LogP contribution in [0.4, 0.5) is 5.69 Å². The van der Waals surface area contributed by atoms with Crippen LogP contribution in [0.1, 0.15) is 29.5 Å². The van der Waals surface area contributed by atoms with Crippen LogP contribution in [0.3, 0.4) is 0 Å². The molecule has 2 aromatic rings. The van der Waals surface area contributed by atoms with Crippen LogP contribution in [0.25, 0.3) is 0 Å². The Morgan fingerprint density at radius 3 is 2.62 bits per heavy atom. The highest BCUT2D eigenvalue weighted by Gasteiger charge is 2.18. The lowest BCUT2D eigenvalue weighted by Crippen LogP contribution is -2.25. The van der Waals surface area contributed by atoms with Crippen LogP contribution in [0.15, 0.2) is 42.7 Å². The molecule has 1 aliphatic heterocycles. The van der Waals surface area contributed by atoms with Crippen LogP contribution in [-0.2, 0) is 11.2 Å². The van der Waals surface area contributed by atoms with E-state index in [0.29, 0.717) is 6.42 Å². The van der Waals surface area contributed by atoms with Gasteiger partial charge in [-0.1, -0.05) is 17.9 Å². The molecule has 0 spiro atoms. The Balaban J connectivity index is 1.94. The molecule has 0 unspecified atom stereocenters. The van der Waals surface area contributed by atoms with Gasteiger partial charge in [-0.3, -0.25) is 9.78 Å². The zero-order valence-electron chi connectivity index (χ0n) is 12.0. The van der Waals surface area contributed by atoms with Crippen LogP contribution >= 0.6 is 0 Å². The van der Waals surface area contributed by atoms with E-state index in [1.807, 2.05) is 31.3 Å². The lowest BCUT2D eigenvalue weighted by Gasteiger charge is -2.17. The van der Waals surface area contributed by atoms with E-state index in [1.54, 1.807) is 17.3 Å². The van der Waals surface area contributed by atoms with Gasteiger partial charge in [0.2, 0.25) is 5.91 Å². The smallest absolute Gasteiger partial charge is 0.226 e. The highest BCUT2D eigenvalue weighted by Crippen LogP contribution is 2.26. The molecule has 2 heterocycles. The predicted molar refractivity (Wildman–Crippen MR) is 83.0 cm³/mol. The van der Waals surface area contributed by atoms with Crippen molar-refractivity contribution in [1.29, 1.82) is 0 Å². The van der Waals surface area contributed by atoms with E-state index >= 15 is 0 Å². The average molecular weight is 276 g/mol. The number of aromatic nitrogens is 1. The Morgan fingerprint density at radius 2 is 1.81 bits per heavy atom. The van der Waals surface area contributed by atoms with Gasteiger partial charge >= 0.3 is 0 Å². The zero-order valence-corrected chi connectivity index (χ0v) is 12.0. The third kappa shape index (κ3) is 2.95.